The SMILES string of the molecule is CCOC(=O)c1nnn(Cc2ccc(OC)cc2)c1Sc1cc(OCC2CCCC2)ccc1Cl. The zero-order chi connectivity index (χ0) is 23.9. The summed E-state index contributed by atoms with van der Waals surface area (Å²) in [4.78, 5) is 13.3. The van der Waals surface area contributed by atoms with Crippen LogP contribution in [-0.4, -0.2) is 41.3 Å². The van der Waals surface area contributed by atoms with E-state index in [1.54, 1.807) is 18.7 Å². The summed E-state index contributed by atoms with van der Waals surface area (Å²) in [6.45, 7) is 3.14. The third-order valence-electron chi connectivity index (χ3n) is 5.72. The zero-order valence-corrected chi connectivity index (χ0v) is 20.9. The molecule has 4 rings (SSSR count). The molecule has 1 aliphatic carbocycles. The second-order valence-electron chi connectivity index (χ2n) is 8.13. The summed E-state index contributed by atoms with van der Waals surface area (Å²) in [7, 11) is 1.63. The lowest BCUT2D eigenvalue weighted by atomic mass is 10.1. The van der Waals surface area contributed by atoms with Crippen molar-refractivity contribution in [1.82, 2.24) is 15.0 Å². The number of rotatable bonds is 10. The van der Waals surface area contributed by atoms with Gasteiger partial charge in [-0.2, -0.15) is 0 Å². The molecule has 1 aliphatic rings. The van der Waals surface area contributed by atoms with Crippen molar-refractivity contribution in [2.45, 2.75) is 49.1 Å². The average Bonchev–Trinajstić information content (AvgIpc) is 3.51. The Balaban J connectivity index is 1.59. The summed E-state index contributed by atoms with van der Waals surface area (Å²) in [5.41, 5.74) is 1.15. The first-order valence-electron chi connectivity index (χ1n) is 11.4. The fourth-order valence-corrected chi connectivity index (χ4v) is 5.10. The number of ether oxygens (including phenoxy) is 3. The standard InChI is InChI=1S/C25H28ClN3O4S/c1-3-32-25(30)23-24(29(28-27-23)15-17-8-10-19(31-2)11-9-17)34-22-14-20(12-13-21(22)26)33-16-18-6-4-5-7-18/h8-14,18H,3-7,15-16H2,1-2H3. The highest BCUT2D eigenvalue weighted by Gasteiger charge is 2.23. The van der Waals surface area contributed by atoms with E-state index in [4.69, 9.17) is 25.8 Å². The van der Waals surface area contributed by atoms with E-state index in [0.29, 0.717) is 29.1 Å². The topological polar surface area (TPSA) is 75.5 Å². The smallest absolute Gasteiger partial charge is 0.361 e. The second-order valence-corrected chi connectivity index (χ2v) is 9.56. The molecule has 1 heterocycles. The molecule has 34 heavy (non-hydrogen) atoms. The summed E-state index contributed by atoms with van der Waals surface area (Å²) in [6.07, 6.45) is 4.98. The van der Waals surface area contributed by atoms with Gasteiger partial charge in [-0.15, -0.1) is 5.10 Å². The molecule has 0 radical (unpaired) electrons. The lowest BCUT2D eigenvalue weighted by Crippen LogP contribution is -2.09. The van der Waals surface area contributed by atoms with Crippen molar-refractivity contribution in [3.05, 3.63) is 58.7 Å². The van der Waals surface area contributed by atoms with Crippen molar-refractivity contribution in [2.75, 3.05) is 20.3 Å². The molecule has 0 bridgehead atoms. The molecular formula is C25H28ClN3O4S. The number of benzene rings is 2. The summed E-state index contributed by atoms with van der Waals surface area (Å²) >= 11 is 7.85. The molecule has 9 heteroatoms. The highest BCUT2D eigenvalue weighted by Crippen LogP contribution is 2.38. The van der Waals surface area contributed by atoms with Crippen LogP contribution in [0.1, 0.15) is 48.7 Å². The Labute approximate surface area is 208 Å². The fourth-order valence-electron chi connectivity index (χ4n) is 3.89. The van der Waals surface area contributed by atoms with Crippen LogP contribution in [-0.2, 0) is 11.3 Å². The van der Waals surface area contributed by atoms with Gasteiger partial charge < -0.3 is 14.2 Å². The van der Waals surface area contributed by atoms with E-state index in [1.165, 1.54) is 37.4 Å². The largest absolute Gasteiger partial charge is 0.497 e. The van der Waals surface area contributed by atoms with Gasteiger partial charge in [0.2, 0.25) is 5.69 Å². The van der Waals surface area contributed by atoms with Crippen LogP contribution in [0.4, 0.5) is 0 Å². The van der Waals surface area contributed by atoms with Gasteiger partial charge in [0.05, 0.1) is 31.9 Å². The van der Waals surface area contributed by atoms with E-state index in [0.717, 1.165) is 22.0 Å². The summed E-state index contributed by atoms with van der Waals surface area (Å²) in [5, 5.41) is 9.47. The molecule has 2 aromatic carbocycles. The van der Waals surface area contributed by atoms with Crippen molar-refractivity contribution in [3.63, 3.8) is 0 Å². The Morgan fingerprint density at radius 1 is 1.15 bits per heavy atom. The Hall–Kier alpha value is -2.71. The maximum Gasteiger partial charge on any atom is 0.361 e. The molecule has 0 N–H and O–H groups in total. The molecule has 3 aromatic rings. The number of esters is 1. The first-order chi connectivity index (χ1) is 16.6. The van der Waals surface area contributed by atoms with E-state index in [2.05, 4.69) is 10.3 Å². The number of hydrogen-bond acceptors (Lipinski definition) is 7. The van der Waals surface area contributed by atoms with Crippen LogP contribution in [0.25, 0.3) is 0 Å². The molecule has 1 fully saturated rings. The molecule has 0 aliphatic heterocycles. The molecule has 1 aromatic heterocycles. The summed E-state index contributed by atoms with van der Waals surface area (Å²) in [6, 6.07) is 13.3. The van der Waals surface area contributed by atoms with E-state index >= 15 is 0 Å². The minimum absolute atomic E-state index is 0.161. The number of carbonyl (C=O) groups is 1. The monoisotopic (exact) mass is 501 g/mol. The van der Waals surface area contributed by atoms with E-state index in [1.807, 2.05) is 42.5 Å². The molecule has 0 atom stereocenters. The summed E-state index contributed by atoms with van der Waals surface area (Å²) < 4.78 is 18.2. The molecular weight excluding hydrogens is 474 g/mol. The van der Waals surface area contributed by atoms with E-state index in [9.17, 15) is 4.79 Å². The van der Waals surface area contributed by atoms with Gasteiger partial charge >= 0.3 is 5.97 Å². The Kier molecular flexibility index (Phi) is 8.34. The van der Waals surface area contributed by atoms with Crippen LogP contribution < -0.4 is 9.47 Å². The Morgan fingerprint density at radius 3 is 2.59 bits per heavy atom. The van der Waals surface area contributed by atoms with Gasteiger partial charge in [0.1, 0.15) is 16.5 Å². The Morgan fingerprint density at radius 2 is 1.88 bits per heavy atom. The third-order valence-corrected chi connectivity index (χ3v) is 7.32. The number of nitrogens with zero attached hydrogens (tertiary/aromatic N) is 3. The molecule has 0 spiro atoms. The van der Waals surface area contributed by atoms with Gasteiger partial charge in [0.25, 0.3) is 0 Å². The first kappa shape index (κ1) is 24.4. The van der Waals surface area contributed by atoms with Crippen molar-refractivity contribution in [1.29, 1.82) is 0 Å². The molecule has 0 saturated heterocycles. The van der Waals surface area contributed by atoms with Gasteiger partial charge in [-0.25, -0.2) is 9.48 Å². The van der Waals surface area contributed by atoms with Crippen LogP contribution in [0.15, 0.2) is 52.4 Å². The van der Waals surface area contributed by atoms with Crippen LogP contribution in [0.3, 0.4) is 0 Å². The number of methoxy groups -OCH3 is 1. The second kappa shape index (κ2) is 11.6. The van der Waals surface area contributed by atoms with Gasteiger partial charge in [0, 0.05) is 4.90 Å². The lowest BCUT2D eigenvalue weighted by molar-refractivity contribution is 0.0515. The predicted octanol–water partition coefficient (Wildman–Crippen LogP) is 5.89. The Bertz CT molecular complexity index is 1110. The number of hydrogen-bond donors (Lipinski definition) is 0. The van der Waals surface area contributed by atoms with Gasteiger partial charge in [0.15, 0.2) is 0 Å². The quantitative estimate of drug-likeness (QED) is 0.321. The molecule has 7 nitrogen and oxygen atoms in total. The normalized spacial score (nSPS) is 13.7. The van der Waals surface area contributed by atoms with E-state index < -0.39 is 5.97 Å². The molecule has 0 amide bonds. The predicted molar refractivity (Wildman–Crippen MR) is 131 cm³/mol. The number of carbonyl (C=O) groups excluding carboxylic acids is 1. The van der Waals surface area contributed by atoms with Crippen molar-refractivity contribution >= 4 is 29.3 Å². The first-order valence-corrected chi connectivity index (χ1v) is 12.6. The third kappa shape index (κ3) is 6.04. The highest BCUT2D eigenvalue weighted by molar-refractivity contribution is 7.99. The minimum Gasteiger partial charge on any atom is -0.497 e. The maximum atomic E-state index is 12.6. The van der Waals surface area contributed by atoms with Crippen molar-refractivity contribution in [3.8, 4) is 11.5 Å². The van der Waals surface area contributed by atoms with Crippen molar-refractivity contribution < 1.29 is 19.0 Å². The minimum atomic E-state index is -0.518. The fraction of sp³-hybridized carbons (Fsp3) is 0.400. The van der Waals surface area contributed by atoms with Crippen LogP contribution in [0.5, 0.6) is 11.5 Å². The lowest BCUT2D eigenvalue weighted by Gasteiger charge is -2.13. The van der Waals surface area contributed by atoms with Gasteiger partial charge in [-0.3, -0.25) is 0 Å². The highest BCUT2D eigenvalue weighted by atomic mass is 35.5. The molecule has 1 saturated carbocycles. The molecule has 180 valence electrons. The van der Waals surface area contributed by atoms with Crippen LogP contribution >= 0.6 is 23.4 Å². The summed E-state index contributed by atoms with van der Waals surface area (Å²) in [5.74, 6) is 1.61. The maximum absolute atomic E-state index is 12.6. The van der Waals surface area contributed by atoms with Crippen molar-refractivity contribution in [2.24, 2.45) is 5.92 Å². The zero-order valence-electron chi connectivity index (χ0n) is 19.3. The average molecular weight is 502 g/mol. The van der Waals surface area contributed by atoms with Crippen LogP contribution in [0, 0.1) is 5.92 Å². The van der Waals surface area contributed by atoms with Gasteiger partial charge in [-0.1, -0.05) is 53.6 Å². The van der Waals surface area contributed by atoms with Crippen LogP contribution in [0.2, 0.25) is 5.02 Å². The molecule has 0 unspecified atom stereocenters. The van der Waals surface area contributed by atoms with E-state index in [-0.39, 0.29) is 12.3 Å². The van der Waals surface area contributed by atoms with Gasteiger partial charge in [-0.05, 0) is 61.6 Å². The number of aromatic nitrogens is 3. The number of halogens is 1.